The number of benzene rings is 1. The van der Waals surface area contributed by atoms with Crippen LogP contribution in [0.25, 0.3) is 0 Å². The first-order chi connectivity index (χ1) is 8.99. The van der Waals surface area contributed by atoms with E-state index in [4.69, 9.17) is 33.7 Å². The number of ether oxygens (including phenoxy) is 1. The van der Waals surface area contributed by atoms with Gasteiger partial charge in [0.1, 0.15) is 16.6 Å². The lowest BCUT2D eigenvalue weighted by Crippen LogP contribution is -1.99. The molecule has 0 saturated heterocycles. The maximum atomic E-state index is 10.9. The zero-order valence-corrected chi connectivity index (χ0v) is 10.9. The van der Waals surface area contributed by atoms with Crippen LogP contribution >= 0.6 is 23.2 Å². The van der Waals surface area contributed by atoms with Crippen molar-refractivity contribution in [3.8, 4) is 11.6 Å². The van der Waals surface area contributed by atoms with Gasteiger partial charge in [-0.25, -0.2) is 0 Å². The van der Waals surface area contributed by atoms with Crippen molar-refractivity contribution in [2.45, 2.75) is 0 Å². The van der Waals surface area contributed by atoms with Gasteiger partial charge in [-0.15, -0.1) is 0 Å². The standard InChI is InChI=1S/C11H7Cl2N3O3/c12-6-2-1-3-8(10(6)13)19-11-7(16(17)18)4-5-9(14)15-11/h1-5H,(H2,14,15). The summed E-state index contributed by atoms with van der Waals surface area (Å²) >= 11 is 11.8. The van der Waals surface area contributed by atoms with E-state index < -0.39 is 4.92 Å². The van der Waals surface area contributed by atoms with E-state index in [1.54, 1.807) is 12.1 Å². The summed E-state index contributed by atoms with van der Waals surface area (Å²) in [5.74, 6) is 0.0169. The summed E-state index contributed by atoms with van der Waals surface area (Å²) in [6.45, 7) is 0. The molecule has 0 radical (unpaired) electrons. The molecule has 1 aromatic carbocycles. The summed E-state index contributed by atoms with van der Waals surface area (Å²) in [5, 5.41) is 11.3. The summed E-state index contributed by atoms with van der Waals surface area (Å²) in [6, 6.07) is 7.20. The number of pyridine rings is 1. The van der Waals surface area contributed by atoms with E-state index in [0.29, 0.717) is 0 Å². The number of halogens is 2. The second kappa shape index (κ2) is 5.29. The average Bonchev–Trinajstić information content (AvgIpc) is 2.35. The van der Waals surface area contributed by atoms with Crippen LogP contribution in [0.5, 0.6) is 11.6 Å². The Morgan fingerprint density at radius 2 is 2.00 bits per heavy atom. The minimum absolute atomic E-state index is 0.0961. The SMILES string of the molecule is Nc1ccc([N+](=O)[O-])c(Oc2cccc(Cl)c2Cl)n1. The van der Waals surface area contributed by atoms with Crippen LogP contribution in [0.15, 0.2) is 30.3 Å². The van der Waals surface area contributed by atoms with Crippen LogP contribution in [0.4, 0.5) is 11.5 Å². The van der Waals surface area contributed by atoms with Gasteiger partial charge >= 0.3 is 11.6 Å². The van der Waals surface area contributed by atoms with Crippen molar-refractivity contribution in [2.75, 3.05) is 5.73 Å². The minimum Gasteiger partial charge on any atom is -0.432 e. The van der Waals surface area contributed by atoms with Gasteiger partial charge in [-0.2, -0.15) is 4.98 Å². The number of hydrogen-bond acceptors (Lipinski definition) is 5. The van der Waals surface area contributed by atoms with E-state index in [9.17, 15) is 10.1 Å². The molecule has 8 heteroatoms. The van der Waals surface area contributed by atoms with E-state index in [2.05, 4.69) is 4.98 Å². The maximum Gasteiger partial charge on any atom is 0.331 e. The molecule has 98 valence electrons. The van der Waals surface area contributed by atoms with E-state index in [1.165, 1.54) is 18.2 Å². The molecule has 0 saturated carbocycles. The third kappa shape index (κ3) is 2.86. The van der Waals surface area contributed by atoms with Crippen LogP contribution < -0.4 is 10.5 Å². The van der Waals surface area contributed by atoms with Gasteiger partial charge in [0.15, 0.2) is 0 Å². The van der Waals surface area contributed by atoms with Crippen LogP contribution in [0.1, 0.15) is 0 Å². The lowest BCUT2D eigenvalue weighted by atomic mass is 10.3. The Bertz CT molecular complexity index is 649. The molecule has 1 heterocycles. The first kappa shape index (κ1) is 13.4. The summed E-state index contributed by atoms with van der Waals surface area (Å²) in [7, 11) is 0. The number of nitrogen functional groups attached to an aromatic ring is 1. The molecule has 0 aliphatic heterocycles. The second-order valence-corrected chi connectivity index (χ2v) is 4.26. The number of nitrogens with two attached hydrogens (primary N) is 1. The molecule has 0 aliphatic carbocycles. The quantitative estimate of drug-likeness (QED) is 0.689. The molecule has 0 atom stereocenters. The molecule has 2 N–H and O–H groups in total. The average molecular weight is 300 g/mol. The molecule has 6 nitrogen and oxygen atoms in total. The van der Waals surface area contributed by atoms with Crippen molar-refractivity contribution in [2.24, 2.45) is 0 Å². The Labute approximate surface area is 117 Å². The van der Waals surface area contributed by atoms with Gasteiger partial charge in [0, 0.05) is 6.07 Å². The normalized spacial score (nSPS) is 10.2. The lowest BCUT2D eigenvalue weighted by Gasteiger charge is -2.08. The number of rotatable bonds is 3. The van der Waals surface area contributed by atoms with Crippen molar-refractivity contribution in [3.05, 3.63) is 50.5 Å². The Kier molecular flexibility index (Phi) is 3.73. The second-order valence-electron chi connectivity index (χ2n) is 3.47. The molecule has 0 aliphatic rings. The fourth-order valence-corrected chi connectivity index (χ4v) is 1.66. The third-order valence-electron chi connectivity index (χ3n) is 2.18. The van der Waals surface area contributed by atoms with Gasteiger partial charge in [0.05, 0.1) is 9.95 Å². The zero-order valence-electron chi connectivity index (χ0n) is 9.34. The van der Waals surface area contributed by atoms with Crippen LogP contribution in [0.3, 0.4) is 0 Å². The molecule has 0 unspecified atom stereocenters. The molecule has 2 aromatic rings. The molecule has 0 bridgehead atoms. The predicted molar refractivity (Wildman–Crippen MR) is 71.8 cm³/mol. The first-order valence-corrected chi connectivity index (χ1v) is 5.77. The number of aromatic nitrogens is 1. The molecule has 19 heavy (non-hydrogen) atoms. The van der Waals surface area contributed by atoms with Gasteiger partial charge < -0.3 is 10.5 Å². The van der Waals surface area contributed by atoms with E-state index in [-0.39, 0.29) is 33.2 Å². The molecule has 0 amide bonds. The summed E-state index contributed by atoms with van der Waals surface area (Å²) in [6.07, 6.45) is 0. The molecule has 0 fully saturated rings. The summed E-state index contributed by atoms with van der Waals surface area (Å²) in [5.41, 5.74) is 5.16. The third-order valence-corrected chi connectivity index (χ3v) is 2.98. The highest BCUT2D eigenvalue weighted by Crippen LogP contribution is 2.37. The molecule has 2 rings (SSSR count). The van der Waals surface area contributed by atoms with Crippen molar-refractivity contribution < 1.29 is 9.66 Å². The van der Waals surface area contributed by atoms with Gasteiger partial charge in [-0.05, 0) is 18.2 Å². The van der Waals surface area contributed by atoms with Crippen molar-refractivity contribution in [3.63, 3.8) is 0 Å². The Morgan fingerprint density at radius 1 is 1.26 bits per heavy atom. The number of nitrogens with zero attached hydrogens (tertiary/aromatic N) is 2. The smallest absolute Gasteiger partial charge is 0.331 e. The maximum absolute atomic E-state index is 10.9. The largest absolute Gasteiger partial charge is 0.432 e. The molecule has 1 aromatic heterocycles. The highest BCUT2D eigenvalue weighted by molar-refractivity contribution is 6.42. The lowest BCUT2D eigenvalue weighted by molar-refractivity contribution is -0.386. The first-order valence-electron chi connectivity index (χ1n) is 5.02. The number of hydrogen-bond donors (Lipinski definition) is 1. The highest BCUT2D eigenvalue weighted by Gasteiger charge is 2.19. The zero-order chi connectivity index (χ0) is 14.0. The van der Waals surface area contributed by atoms with Crippen molar-refractivity contribution in [1.82, 2.24) is 4.98 Å². The summed E-state index contributed by atoms with van der Waals surface area (Å²) in [4.78, 5) is 14.0. The van der Waals surface area contributed by atoms with Crippen LogP contribution in [0.2, 0.25) is 10.0 Å². The molecular formula is C11H7Cl2N3O3. The van der Waals surface area contributed by atoms with Gasteiger partial charge in [-0.1, -0.05) is 29.3 Å². The summed E-state index contributed by atoms with van der Waals surface area (Å²) < 4.78 is 5.31. The van der Waals surface area contributed by atoms with Gasteiger partial charge in [0.2, 0.25) is 0 Å². The van der Waals surface area contributed by atoms with E-state index in [1.807, 2.05) is 0 Å². The van der Waals surface area contributed by atoms with Crippen LogP contribution in [-0.4, -0.2) is 9.91 Å². The van der Waals surface area contributed by atoms with Crippen LogP contribution in [-0.2, 0) is 0 Å². The Morgan fingerprint density at radius 3 is 2.68 bits per heavy atom. The Balaban J connectivity index is 2.45. The fourth-order valence-electron chi connectivity index (χ4n) is 1.33. The van der Waals surface area contributed by atoms with Crippen molar-refractivity contribution >= 4 is 34.7 Å². The highest BCUT2D eigenvalue weighted by atomic mass is 35.5. The van der Waals surface area contributed by atoms with Crippen LogP contribution in [0, 0.1) is 10.1 Å². The van der Waals surface area contributed by atoms with E-state index in [0.717, 1.165) is 0 Å². The molecule has 0 spiro atoms. The monoisotopic (exact) mass is 299 g/mol. The van der Waals surface area contributed by atoms with Gasteiger partial charge in [0.25, 0.3) is 0 Å². The van der Waals surface area contributed by atoms with Gasteiger partial charge in [-0.3, -0.25) is 10.1 Å². The van der Waals surface area contributed by atoms with E-state index >= 15 is 0 Å². The Hall–Kier alpha value is -2.05. The number of nitro groups is 1. The van der Waals surface area contributed by atoms with Crippen molar-refractivity contribution in [1.29, 1.82) is 0 Å². The number of anilines is 1. The fraction of sp³-hybridized carbons (Fsp3) is 0. The minimum atomic E-state index is -0.625. The topological polar surface area (TPSA) is 91.3 Å². The molecular weight excluding hydrogens is 293 g/mol. The predicted octanol–water partition coefficient (Wildman–Crippen LogP) is 3.67.